The molecule has 0 heterocycles. The number of benzene rings is 1. The summed E-state index contributed by atoms with van der Waals surface area (Å²) in [5.41, 5.74) is -1.47. The van der Waals surface area contributed by atoms with Crippen molar-refractivity contribution in [3.8, 4) is 0 Å². The molecule has 0 saturated heterocycles. The summed E-state index contributed by atoms with van der Waals surface area (Å²) in [5.74, 6) is -7.98. The summed E-state index contributed by atoms with van der Waals surface area (Å²) in [4.78, 5) is 10.3. The van der Waals surface area contributed by atoms with Crippen LogP contribution >= 0.6 is 11.6 Å². The van der Waals surface area contributed by atoms with Crippen molar-refractivity contribution in [2.45, 2.75) is 12.8 Å². The zero-order valence-electron chi connectivity index (χ0n) is 7.52. The van der Waals surface area contributed by atoms with E-state index in [4.69, 9.17) is 16.7 Å². The molecule has 0 amide bonds. The lowest BCUT2D eigenvalue weighted by atomic mass is 10.0. The Morgan fingerprint density at radius 1 is 1.47 bits per heavy atom. The summed E-state index contributed by atoms with van der Waals surface area (Å²) in [6.07, 6.45) is 0. The van der Waals surface area contributed by atoms with E-state index in [1.54, 1.807) is 0 Å². The molecule has 0 unspecified atom stereocenters. The van der Waals surface area contributed by atoms with Crippen molar-refractivity contribution < 1.29 is 23.1 Å². The topological polar surface area (TPSA) is 37.3 Å². The molecule has 1 rings (SSSR count). The van der Waals surface area contributed by atoms with Gasteiger partial charge in [0, 0.05) is 5.02 Å². The minimum atomic E-state index is -4.28. The van der Waals surface area contributed by atoms with E-state index in [9.17, 15) is 18.0 Å². The van der Waals surface area contributed by atoms with Gasteiger partial charge < -0.3 is 5.11 Å². The molecule has 1 N–H and O–H groups in total. The molecule has 2 nitrogen and oxygen atoms in total. The summed E-state index contributed by atoms with van der Waals surface area (Å²) >= 11 is 5.50. The van der Waals surface area contributed by atoms with E-state index in [1.807, 2.05) is 0 Å². The molecule has 15 heavy (non-hydrogen) atoms. The first-order chi connectivity index (χ1) is 6.78. The normalized spacial score (nSPS) is 11.5. The molecule has 0 radical (unpaired) electrons. The summed E-state index contributed by atoms with van der Waals surface area (Å²) in [6.45, 7) is 1.14. The number of halogens is 4. The van der Waals surface area contributed by atoms with Crippen LogP contribution in [0.2, 0.25) is 5.02 Å². The van der Waals surface area contributed by atoms with Crippen LogP contribution in [0.15, 0.2) is 12.1 Å². The van der Waals surface area contributed by atoms with Crippen LogP contribution < -0.4 is 0 Å². The molecular weight excluding hydrogens is 233 g/mol. The molecule has 6 heteroatoms. The maximum atomic E-state index is 13.1. The Labute approximate surface area is 88.3 Å². The standard InChI is InChI=1S/C9H6ClF3O2/c1-4-5(10)2-3-6(11)7(4)9(12,13)8(14)15/h2-3H,1H3,(H,14,15). The van der Waals surface area contributed by atoms with Gasteiger partial charge in [0.15, 0.2) is 0 Å². The fourth-order valence-corrected chi connectivity index (χ4v) is 1.30. The lowest BCUT2D eigenvalue weighted by Crippen LogP contribution is -2.27. The van der Waals surface area contributed by atoms with Gasteiger partial charge in [-0.2, -0.15) is 8.78 Å². The SMILES string of the molecule is Cc1c(Cl)ccc(F)c1C(F)(F)C(=O)O. The van der Waals surface area contributed by atoms with Crippen molar-refractivity contribution in [2.75, 3.05) is 0 Å². The van der Waals surface area contributed by atoms with Crippen molar-refractivity contribution >= 4 is 17.6 Å². The van der Waals surface area contributed by atoms with Crippen molar-refractivity contribution in [2.24, 2.45) is 0 Å². The number of carboxylic acids is 1. The maximum Gasteiger partial charge on any atom is 0.379 e. The molecule has 0 aliphatic carbocycles. The molecule has 0 atom stereocenters. The molecule has 0 spiro atoms. The number of hydrogen-bond acceptors (Lipinski definition) is 1. The van der Waals surface area contributed by atoms with E-state index in [0.29, 0.717) is 6.07 Å². The van der Waals surface area contributed by atoms with Gasteiger partial charge in [-0.3, -0.25) is 0 Å². The second-order valence-electron chi connectivity index (χ2n) is 2.91. The highest BCUT2D eigenvalue weighted by molar-refractivity contribution is 6.31. The van der Waals surface area contributed by atoms with Gasteiger partial charge in [0.25, 0.3) is 0 Å². The molecular formula is C9H6ClF3O2. The van der Waals surface area contributed by atoms with E-state index in [1.165, 1.54) is 0 Å². The first kappa shape index (κ1) is 11.8. The maximum absolute atomic E-state index is 13.1. The van der Waals surface area contributed by atoms with Crippen LogP contribution in [0, 0.1) is 12.7 Å². The van der Waals surface area contributed by atoms with Crippen LogP contribution in [0.25, 0.3) is 0 Å². The third kappa shape index (κ3) is 1.92. The molecule has 0 fully saturated rings. The number of hydrogen-bond donors (Lipinski definition) is 1. The fraction of sp³-hybridized carbons (Fsp3) is 0.222. The first-order valence-corrected chi connectivity index (χ1v) is 4.22. The fourth-order valence-electron chi connectivity index (χ4n) is 1.15. The molecule has 1 aromatic rings. The smallest absolute Gasteiger partial charge is 0.379 e. The average molecular weight is 239 g/mol. The Morgan fingerprint density at radius 3 is 2.47 bits per heavy atom. The monoisotopic (exact) mass is 238 g/mol. The molecule has 0 aliphatic rings. The van der Waals surface area contributed by atoms with Crippen LogP contribution in [-0.2, 0) is 10.7 Å². The van der Waals surface area contributed by atoms with Crippen molar-refractivity contribution in [1.29, 1.82) is 0 Å². The highest BCUT2D eigenvalue weighted by Gasteiger charge is 2.45. The van der Waals surface area contributed by atoms with Gasteiger partial charge in [-0.1, -0.05) is 11.6 Å². The van der Waals surface area contributed by atoms with Crippen molar-refractivity contribution in [3.63, 3.8) is 0 Å². The minimum Gasteiger partial charge on any atom is -0.477 e. The molecule has 0 bridgehead atoms. The van der Waals surface area contributed by atoms with E-state index in [0.717, 1.165) is 13.0 Å². The predicted octanol–water partition coefficient (Wildman–Crippen LogP) is 2.96. The summed E-state index contributed by atoms with van der Waals surface area (Å²) in [7, 11) is 0. The second-order valence-corrected chi connectivity index (χ2v) is 3.32. The van der Waals surface area contributed by atoms with Crippen LogP contribution in [0.3, 0.4) is 0 Å². The van der Waals surface area contributed by atoms with Gasteiger partial charge in [0.2, 0.25) is 0 Å². The molecule has 82 valence electrons. The summed E-state index contributed by atoms with van der Waals surface area (Å²) in [6, 6.07) is 1.80. The molecule has 0 aliphatic heterocycles. The Bertz CT molecular complexity index is 418. The van der Waals surface area contributed by atoms with Crippen molar-refractivity contribution in [1.82, 2.24) is 0 Å². The van der Waals surface area contributed by atoms with Gasteiger partial charge in [0.1, 0.15) is 5.82 Å². The van der Waals surface area contributed by atoms with E-state index >= 15 is 0 Å². The second kappa shape index (κ2) is 3.73. The van der Waals surface area contributed by atoms with Gasteiger partial charge >= 0.3 is 11.9 Å². The summed E-state index contributed by atoms with van der Waals surface area (Å²) in [5, 5.41) is 8.17. The summed E-state index contributed by atoms with van der Waals surface area (Å²) < 4.78 is 39.2. The Balaban J connectivity index is 3.49. The zero-order chi connectivity index (χ0) is 11.8. The van der Waals surface area contributed by atoms with Crippen LogP contribution in [0.5, 0.6) is 0 Å². The molecule has 0 aromatic heterocycles. The number of rotatable bonds is 2. The van der Waals surface area contributed by atoms with Gasteiger partial charge in [-0.05, 0) is 24.6 Å². The van der Waals surface area contributed by atoms with Crippen LogP contribution in [0.4, 0.5) is 13.2 Å². The minimum absolute atomic E-state index is 0.104. The number of carbonyl (C=O) groups is 1. The highest BCUT2D eigenvalue weighted by atomic mass is 35.5. The lowest BCUT2D eigenvalue weighted by Gasteiger charge is -2.15. The Kier molecular flexibility index (Phi) is 2.95. The third-order valence-corrected chi connectivity index (χ3v) is 2.34. The van der Waals surface area contributed by atoms with E-state index in [-0.39, 0.29) is 10.6 Å². The highest BCUT2D eigenvalue weighted by Crippen LogP contribution is 2.35. The molecule has 0 saturated carbocycles. The number of alkyl halides is 2. The van der Waals surface area contributed by atoms with Gasteiger partial charge in [-0.25, -0.2) is 9.18 Å². The van der Waals surface area contributed by atoms with E-state index in [2.05, 4.69) is 0 Å². The third-order valence-electron chi connectivity index (χ3n) is 1.93. The molecule has 1 aromatic carbocycles. The number of aliphatic carboxylic acids is 1. The van der Waals surface area contributed by atoms with Gasteiger partial charge in [0.05, 0.1) is 5.56 Å². The van der Waals surface area contributed by atoms with E-state index < -0.39 is 23.3 Å². The number of carboxylic acid groups (broad SMARTS) is 1. The Morgan fingerprint density at radius 2 is 2.00 bits per heavy atom. The predicted molar refractivity (Wildman–Crippen MR) is 47.7 cm³/mol. The Hall–Kier alpha value is -1.23. The van der Waals surface area contributed by atoms with Crippen LogP contribution in [0.1, 0.15) is 11.1 Å². The average Bonchev–Trinajstić information content (AvgIpc) is 2.11. The largest absolute Gasteiger partial charge is 0.477 e. The van der Waals surface area contributed by atoms with Crippen LogP contribution in [-0.4, -0.2) is 11.1 Å². The zero-order valence-corrected chi connectivity index (χ0v) is 8.28. The van der Waals surface area contributed by atoms with Gasteiger partial charge in [-0.15, -0.1) is 0 Å². The quantitative estimate of drug-likeness (QED) is 0.860. The van der Waals surface area contributed by atoms with Crippen molar-refractivity contribution in [3.05, 3.63) is 34.1 Å². The lowest BCUT2D eigenvalue weighted by molar-refractivity contribution is -0.166. The first-order valence-electron chi connectivity index (χ1n) is 3.84.